The van der Waals surface area contributed by atoms with Crippen molar-refractivity contribution in [3.8, 4) is 5.75 Å². The van der Waals surface area contributed by atoms with Crippen LogP contribution in [0.5, 0.6) is 5.75 Å². The van der Waals surface area contributed by atoms with E-state index in [9.17, 15) is 9.59 Å². The van der Waals surface area contributed by atoms with E-state index in [4.69, 9.17) is 4.74 Å². The predicted octanol–water partition coefficient (Wildman–Crippen LogP) is 3.43. The van der Waals surface area contributed by atoms with Gasteiger partial charge in [-0.25, -0.2) is 0 Å². The number of hydrogen-bond acceptors (Lipinski definition) is 4. The summed E-state index contributed by atoms with van der Waals surface area (Å²) < 4.78 is 5.61. The highest BCUT2D eigenvalue weighted by atomic mass is 16.5. The lowest BCUT2D eigenvalue weighted by molar-refractivity contribution is -0.127. The van der Waals surface area contributed by atoms with Crippen LogP contribution in [0.4, 0.5) is 5.69 Å². The second-order valence-electron chi connectivity index (χ2n) is 6.31. The van der Waals surface area contributed by atoms with Crippen molar-refractivity contribution in [3.05, 3.63) is 60.2 Å². The van der Waals surface area contributed by atoms with Crippen LogP contribution < -0.4 is 10.1 Å². The first kappa shape index (κ1) is 18.1. The van der Waals surface area contributed by atoms with Crippen molar-refractivity contribution in [2.45, 2.75) is 25.8 Å². The molecule has 1 aliphatic heterocycles. The average molecular weight is 352 g/mol. The smallest absolute Gasteiger partial charge is 0.246 e. The molecule has 1 amide bonds. The molecule has 1 atom stereocenters. The van der Waals surface area contributed by atoms with E-state index >= 15 is 0 Å². The van der Waals surface area contributed by atoms with Crippen molar-refractivity contribution >= 4 is 17.4 Å². The SMILES string of the molecule is CCOc1ccccc1NC(=O)[C@H](c1ccccc1)N1CCC(=O)CC1. The molecular weight excluding hydrogens is 328 g/mol. The highest BCUT2D eigenvalue weighted by Crippen LogP contribution is 2.29. The monoisotopic (exact) mass is 352 g/mol. The van der Waals surface area contributed by atoms with Gasteiger partial charge >= 0.3 is 0 Å². The van der Waals surface area contributed by atoms with Gasteiger partial charge in [0.25, 0.3) is 0 Å². The molecule has 1 saturated heterocycles. The number of ketones is 1. The third kappa shape index (κ3) is 4.29. The number of ether oxygens (including phenoxy) is 1. The van der Waals surface area contributed by atoms with Crippen molar-refractivity contribution in [3.63, 3.8) is 0 Å². The van der Waals surface area contributed by atoms with Crippen molar-refractivity contribution in [1.29, 1.82) is 0 Å². The maximum Gasteiger partial charge on any atom is 0.246 e. The van der Waals surface area contributed by atoms with Gasteiger partial charge in [-0.1, -0.05) is 42.5 Å². The summed E-state index contributed by atoms with van der Waals surface area (Å²) in [6.45, 7) is 3.64. The van der Waals surface area contributed by atoms with Crippen molar-refractivity contribution in [2.24, 2.45) is 0 Å². The topological polar surface area (TPSA) is 58.6 Å². The van der Waals surface area contributed by atoms with Gasteiger partial charge in [0.2, 0.25) is 5.91 Å². The Balaban J connectivity index is 1.85. The van der Waals surface area contributed by atoms with Crippen LogP contribution in [-0.4, -0.2) is 36.3 Å². The number of hydrogen-bond donors (Lipinski definition) is 1. The largest absolute Gasteiger partial charge is 0.492 e. The minimum absolute atomic E-state index is 0.113. The molecule has 2 aromatic carbocycles. The van der Waals surface area contributed by atoms with E-state index in [0.717, 1.165) is 5.56 Å². The lowest BCUT2D eigenvalue weighted by atomic mass is 10.0. The molecule has 1 aliphatic rings. The quantitative estimate of drug-likeness (QED) is 0.865. The summed E-state index contributed by atoms with van der Waals surface area (Å²) >= 11 is 0. The van der Waals surface area contributed by atoms with Gasteiger partial charge in [-0.15, -0.1) is 0 Å². The Labute approximate surface area is 154 Å². The molecule has 2 aromatic rings. The Bertz CT molecular complexity index is 751. The number of para-hydroxylation sites is 2. The minimum Gasteiger partial charge on any atom is -0.492 e. The van der Waals surface area contributed by atoms with Gasteiger partial charge in [-0.05, 0) is 24.6 Å². The predicted molar refractivity (Wildman–Crippen MR) is 101 cm³/mol. The van der Waals surface area contributed by atoms with Gasteiger partial charge in [-0.3, -0.25) is 14.5 Å². The Hall–Kier alpha value is -2.66. The zero-order valence-corrected chi connectivity index (χ0v) is 15.0. The Morgan fingerprint density at radius 2 is 1.73 bits per heavy atom. The summed E-state index contributed by atoms with van der Waals surface area (Å²) in [5, 5.41) is 3.01. The number of anilines is 1. The number of nitrogens with one attached hydrogen (secondary N) is 1. The average Bonchev–Trinajstić information content (AvgIpc) is 2.66. The van der Waals surface area contributed by atoms with Gasteiger partial charge in [0.15, 0.2) is 0 Å². The molecule has 0 aliphatic carbocycles. The maximum absolute atomic E-state index is 13.2. The third-order valence-corrected chi connectivity index (χ3v) is 4.53. The molecule has 5 heteroatoms. The summed E-state index contributed by atoms with van der Waals surface area (Å²) in [6, 6.07) is 16.7. The van der Waals surface area contributed by atoms with Gasteiger partial charge in [0.1, 0.15) is 17.6 Å². The Kier molecular flexibility index (Phi) is 6.02. The fourth-order valence-electron chi connectivity index (χ4n) is 3.25. The first-order valence-electron chi connectivity index (χ1n) is 9.02. The zero-order chi connectivity index (χ0) is 18.4. The first-order chi connectivity index (χ1) is 12.7. The standard InChI is InChI=1S/C21H24N2O3/c1-2-26-19-11-7-6-10-18(19)22-21(25)20(16-8-4-3-5-9-16)23-14-12-17(24)13-15-23/h3-11,20H,2,12-15H2,1H3,(H,22,25)/t20-/m0/s1. The number of likely N-dealkylation sites (tertiary alicyclic amines) is 1. The molecular formula is C21H24N2O3. The number of benzene rings is 2. The van der Waals surface area contributed by atoms with Crippen molar-refractivity contribution < 1.29 is 14.3 Å². The van der Waals surface area contributed by atoms with Gasteiger partial charge < -0.3 is 10.1 Å². The second-order valence-corrected chi connectivity index (χ2v) is 6.31. The normalized spacial score (nSPS) is 16.1. The number of piperidine rings is 1. The molecule has 26 heavy (non-hydrogen) atoms. The van der Waals surface area contributed by atoms with Crippen LogP contribution in [0.1, 0.15) is 31.4 Å². The summed E-state index contributed by atoms with van der Waals surface area (Å²) in [5.41, 5.74) is 1.58. The number of carbonyl (C=O) groups excluding carboxylic acids is 2. The molecule has 0 bridgehead atoms. The van der Waals surface area contributed by atoms with Gasteiger partial charge in [-0.2, -0.15) is 0 Å². The van der Waals surface area contributed by atoms with Crippen LogP contribution in [0.2, 0.25) is 0 Å². The van der Waals surface area contributed by atoms with Crippen molar-refractivity contribution in [2.75, 3.05) is 25.0 Å². The summed E-state index contributed by atoms with van der Waals surface area (Å²) in [5.74, 6) is 0.803. The Morgan fingerprint density at radius 3 is 2.42 bits per heavy atom. The molecule has 1 fully saturated rings. The molecule has 0 unspecified atom stereocenters. The lowest BCUT2D eigenvalue weighted by Gasteiger charge is -2.33. The van der Waals surface area contributed by atoms with Crippen LogP contribution >= 0.6 is 0 Å². The second kappa shape index (κ2) is 8.63. The van der Waals surface area contributed by atoms with Crippen LogP contribution in [-0.2, 0) is 9.59 Å². The van der Waals surface area contributed by atoms with Gasteiger partial charge in [0.05, 0.1) is 12.3 Å². The van der Waals surface area contributed by atoms with Gasteiger partial charge in [0, 0.05) is 25.9 Å². The maximum atomic E-state index is 13.2. The number of Topliss-reactive ketones (excluding diaryl/α,β-unsaturated/α-hetero) is 1. The van der Waals surface area contributed by atoms with E-state index < -0.39 is 6.04 Å². The Morgan fingerprint density at radius 1 is 1.08 bits per heavy atom. The molecule has 0 aromatic heterocycles. The fraction of sp³-hybridized carbons (Fsp3) is 0.333. The minimum atomic E-state index is -0.431. The van der Waals surface area contributed by atoms with E-state index in [-0.39, 0.29) is 11.7 Å². The summed E-state index contributed by atoms with van der Waals surface area (Å²) in [6.07, 6.45) is 0.984. The van der Waals surface area contributed by atoms with Crippen LogP contribution in [0, 0.1) is 0 Å². The van der Waals surface area contributed by atoms with Crippen LogP contribution in [0.15, 0.2) is 54.6 Å². The van der Waals surface area contributed by atoms with E-state index in [1.54, 1.807) is 0 Å². The highest BCUT2D eigenvalue weighted by Gasteiger charge is 2.30. The van der Waals surface area contributed by atoms with E-state index in [1.165, 1.54) is 0 Å². The molecule has 1 N–H and O–H groups in total. The number of carbonyl (C=O) groups is 2. The molecule has 136 valence electrons. The molecule has 0 spiro atoms. The molecule has 1 heterocycles. The first-order valence-corrected chi connectivity index (χ1v) is 9.02. The van der Waals surface area contributed by atoms with E-state index in [0.29, 0.717) is 44.0 Å². The van der Waals surface area contributed by atoms with Crippen LogP contribution in [0.25, 0.3) is 0 Å². The molecule has 3 rings (SSSR count). The molecule has 5 nitrogen and oxygen atoms in total. The number of amides is 1. The summed E-state index contributed by atoms with van der Waals surface area (Å²) in [7, 11) is 0. The van der Waals surface area contributed by atoms with E-state index in [2.05, 4.69) is 10.2 Å². The number of nitrogens with zero attached hydrogens (tertiary/aromatic N) is 1. The zero-order valence-electron chi connectivity index (χ0n) is 15.0. The molecule has 0 saturated carbocycles. The third-order valence-electron chi connectivity index (χ3n) is 4.53. The molecule has 0 radical (unpaired) electrons. The highest BCUT2D eigenvalue weighted by molar-refractivity contribution is 5.97. The van der Waals surface area contributed by atoms with E-state index in [1.807, 2.05) is 61.5 Å². The lowest BCUT2D eigenvalue weighted by Crippen LogP contribution is -2.42. The fourth-order valence-corrected chi connectivity index (χ4v) is 3.25. The number of rotatable bonds is 6. The summed E-state index contributed by atoms with van der Waals surface area (Å²) in [4.78, 5) is 26.8. The van der Waals surface area contributed by atoms with Crippen molar-refractivity contribution in [1.82, 2.24) is 4.90 Å². The van der Waals surface area contributed by atoms with Crippen LogP contribution in [0.3, 0.4) is 0 Å².